The SMILES string of the molecule is Nc1cc(Cl)cnc1C(=O)N[C@H](C(=O)O)C1CCCCC1. The Balaban J connectivity index is 2.12. The van der Waals surface area contributed by atoms with Gasteiger partial charge in [-0.3, -0.25) is 4.79 Å². The number of nitrogen functional groups attached to an aromatic ring is 1. The fourth-order valence-electron chi connectivity index (χ4n) is 2.70. The van der Waals surface area contributed by atoms with Gasteiger partial charge in [0.1, 0.15) is 6.04 Å². The molecule has 1 fully saturated rings. The van der Waals surface area contributed by atoms with Gasteiger partial charge in [-0.25, -0.2) is 9.78 Å². The number of carbonyl (C=O) groups excluding carboxylic acids is 1. The second-order valence-electron chi connectivity index (χ2n) is 5.28. The summed E-state index contributed by atoms with van der Waals surface area (Å²) in [4.78, 5) is 27.5. The predicted octanol–water partition coefficient (Wildman–Crippen LogP) is 2.08. The van der Waals surface area contributed by atoms with E-state index in [9.17, 15) is 14.7 Å². The lowest BCUT2D eigenvalue weighted by atomic mass is 9.84. The van der Waals surface area contributed by atoms with E-state index in [1.165, 1.54) is 12.3 Å². The molecule has 4 N–H and O–H groups in total. The molecule has 7 heteroatoms. The van der Waals surface area contributed by atoms with Gasteiger partial charge in [-0.15, -0.1) is 0 Å². The van der Waals surface area contributed by atoms with Gasteiger partial charge in [-0.2, -0.15) is 0 Å². The molecule has 0 saturated heterocycles. The van der Waals surface area contributed by atoms with E-state index in [1.807, 2.05) is 0 Å². The van der Waals surface area contributed by atoms with Crippen molar-refractivity contribution in [1.29, 1.82) is 0 Å². The third-order valence-corrected chi connectivity index (χ3v) is 3.98. The molecule has 1 atom stereocenters. The predicted molar refractivity (Wildman–Crippen MR) is 79.1 cm³/mol. The van der Waals surface area contributed by atoms with Crippen LogP contribution in [0.5, 0.6) is 0 Å². The lowest BCUT2D eigenvalue weighted by Gasteiger charge is -2.28. The summed E-state index contributed by atoms with van der Waals surface area (Å²) in [7, 11) is 0. The van der Waals surface area contributed by atoms with Crippen molar-refractivity contribution in [2.45, 2.75) is 38.1 Å². The molecule has 1 saturated carbocycles. The van der Waals surface area contributed by atoms with Gasteiger partial charge >= 0.3 is 5.97 Å². The first-order valence-corrected chi connectivity index (χ1v) is 7.31. The highest BCUT2D eigenvalue weighted by Crippen LogP contribution is 2.27. The highest BCUT2D eigenvalue weighted by atomic mass is 35.5. The molecule has 1 aromatic rings. The third kappa shape index (κ3) is 3.85. The normalized spacial score (nSPS) is 17.2. The summed E-state index contributed by atoms with van der Waals surface area (Å²) in [6, 6.07) is 0.509. The third-order valence-electron chi connectivity index (χ3n) is 3.77. The van der Waals surface area contributed by atoms with Crippen molar-refractivity contribution in [3.05, 3.63) is 23.0 Å². The first-order chi connectivity index (χ1) is 9.99. The number of nitrogens with zero attached hydrogens (tertiary/aromatic N) is 1. The van der Waals surface area contributed by atoms with Crippen LogP contribution >= 0.6 is 11.6 Å². The van der Waals surface area contributed by atoms with Crippen molar-refractivity contribution in [3.8, 4) is 0 Å². The van der Waals surface area contributed by atoms with Gasteiger partial charge in [0.05, 0.1) is 10.7 Å². The van der Waals surface area contributed by atoms with Crippen LogP contribution in [0.4, 0.5) is 5.69 Å². The van der Waals surface area contributed by atoms with E-state index in [0.717, 1.165) is 32.1 Å². The number of carboxylic acids is 1. The van der Waals surface area contributed by atoms with Crippen LogP contribution in [-0.2, 0) is 4.79 Å². The number of carbonyl (C=O) groups is 2. The minimum absolute atomic E-state index is 0.00135. The smallest absolute Gasteiger partial charge is 0.326 e. The summed E-state index contributed by atoms with van der Waals surface area (Å²) < 4.78 is 0. The number of nitrogens with two attached hydrogens (primary N) is 1. The highest BCUT2D eigenvalue weighted by Gasteiger charge is 2.31. The zero-order valence-corrected chi connectivity index (χ0v) is 12.3. The number of amides is 1. The van der Waals surface area contributed by atoms with Crippen LogP contribution in [-0.4, -0.2) is 28.0 Å². The van der Waals surface area contributed by atoms with Crippen molar-refractivity contribution in [1.82, 2.24) is 10.3 Å². The van der Waals surface area contributed by atoms with E-state index in [4.69, 9.17) is 17.3 Å². The fourth-order valence-corrected chi connectivity index (χ4v) is 2.87. The minimum Gasteiger partial charge on any atom is -0.480 e. The van der Waals surface area contributed by atoms with Crippen molar-refractivity contribution >= 4 is 29.2 Å². The molecule has 1 aliphatic carbocycles. The quantitative estimate of drug-likeness (QED) is 0.789. The standard InChI is InChI=1S/C14H18ClN3O3/c15-9-6-10(16)12(17-7-9)13(19)18-11(14(20)21)8-4-2-1-3-5-8/h6-8,11H,1-5,16H2,(H,18,19)(H,20,21)/t11-/m0/s1. The number of halogens is 1. The lowest BCUT2D eigenvalue weighted by molar-refractivity contribution is -0.141. The molecule has 0 aliphatic heterocycles. The summed E-state index contributed by atoms with van der Waals surface area (Å²) >= 11 is 5.73. The molecule has 0 aromatic carbocycles. The van der Waals surface area contributed by atoms with E-state index >= 15 is 0 Å². The van der Waals surface area contributed by atoms with Crippen LogP contribution in [0.1, 0.15) is 42.6 Å². The summed E-state index contributed by atoms with van der Waals surface area (Å²) in [5.74, 6) is -1.65. The average molecular weight is 312 g/mol. The number of rotatable bonds is 4. The van der Waals surface area contributed by atoms with E-state index in [-0.39, 0.29) is 17.3 Å². The molecule has 0 bridgehead atoms. The maximum Gasteiger partial charge on any atom is 0.326 e. The van der Waals surface area contributed by atoms with Crippen LogP contribution in [0.3, 0.4) is 0 Å². The summed E-state index contributed by atoms with van der Waals surface area (Å²) in [5, 5.41) is 12.2. The molecule has 1 heterocycles. The Morgan fingerprint density at radius 2 is 2.05 bits per heavy atom. The average Bonchev–Trinajstić information content (AvgIpc) is 2.45. The summed E-state index contributed by atoms with van der Waals surface area (Å²) in [6.45, 7) is 0. The Kier molecular flexibility index (Phi) is 5.01. The van der Waals surface area contributed by atoms with Crippen molar-refractivity contribution in [3.63, 3.8) is 0 Å². The number of hydrogen-bond acceptors (Lipinski definition) is 4. The lowest BCUT2D eigenvalue weighted by Crippen LogP contribution is -2.46. The number of aromatic nitrogens is 1. The van der Waals surface area contributed by atoms with E-state index < -0.39 is 17.9 Å². The monoisotopic (exact) mass is 311 g/mol. The van der Waals surface area contributed by atoms with Crippen molar-refractivity contribution < 1.29 is 14.7 Å². The first-order valence-electron chi connectivity index (χ1n) is 6.93. The van der Waals surface area contributed by atoms with Crippen molar-refractivity contribution in [2.24, 2.45) is 5.92 Å². The molecule has 21 heavy (non-hydrogen) atoms. The van der Waals surface area contributed by atoms with Crippen LogP contribution in [0, 0.1) is 5.92 Å². The maximum atomic E-state index is 12.2. The second-order valence-corrected chi connectivity index (χ2v) is 5.72. The van der Waals surface area contributed by atoms with Crippen molar-refractivity contribution in [2.75, 3.05) is 5.73 Å². The summed E-state index contributed by atoms with van der Waals surface area (Å²) in [6.07, 6.45) is 6.02. The van der Waals surface area contributed by atoms with E-state index in [2.05, 4.69) is 10.3 Å². The Bertz CT molecular complexity index is 544. The zero-order valence-electron chi connectivity index (χ0n) is 11.5. The van der Waals surface area contributed by atoms with Gasteiger partial charge in [-0.05, 0) is 24.8 Å². The van der Waals surface area contributed by atoms with E-state index in [1.54, 1.807) is 0 Å². The molecule has 0 radical (unpaired) electrons. The zero-order chi connectivity index (χ0) is 15.4. The van der Waals surface area contributed by atoms with Gasteiger partial charge in [0, 0.05) is 6.20 Å². The Morgan fingerprint density at radius 1 is 1.38 bits per heavy atom. The molecule has 1 aliphatic rings. The number of carboxylic acid groups (broad SMARTS) is 1. The maximum absolute atomic E-state index is 12.2. The topological polar surface area (TPSA) is 105 Å². The molecule has 114 valence electrons. The molecule has 6 nitrogen and oxygen atoms in total. The van der Waals surface area contributed by atoms with Gasteiger partial charge in [0.2, 0.25) is 0 Å². The molecule has 0 spiro atoms. The number of nitrogens with one attached hydrogen (secondary N) is 1. The van der Waals surface area contributed by atoms with Crippen LogP contribution in [0.2, 0.25) is 5.02 Å². The molecular weight excluding hydrogens is 294 g/mol. The highest BCUT2D eigenvalue weighted by molar-refractivity contribution is 6.30. The number of anilines is 1. The number of hydrogen-bond donors (Lipinski definition) is 3. The Hall–Kier alpha value is -1.82. The molecule has 1 amide bonds. The Morgan fingerprint density at radius 3 is 2.62 bits per heavy atom. The first kappa shape index (κ1) is 15.6. The van der Waals surface area contributed by atoms with Crippen LogP contribution in [0.25, 0.3) is 0 Å². The van der Waals surface area contributed by atoms with Gasteiger partial charge in [0.15, 0.2) is 5.69 Å². The minimum atomic E-state index is -1.03. The van der Waals surface area contributed by atoms with Crippen LogP contribution < -0.4 is 11.1 Å². The molecule has 2 rings (SSSR count). The largest absolute Gasteiger partial charge is 0.480 e. The number of aliphatic carboxylic acids is 1. The molecule has 0 unspecified atom stereocenters. The Labute approximate surface area is 127 Å². The second kappa shape index (κ2) is 6.76. The summed E-state index contributed by atoms with van der Waals surface area (Å²) in [5.41, 5.74) is 5.83. The van der Waals surface area contributed by atoms with Gasteiger partial charge in [0.25, 0.3) is 5.91 Å². The van der Waals surface area contributed by atoms with Crippen LogP contribution in [0.15, 0.2) is 12.3 Å². The fraction of sp³-hybridized carbons (Fsp3) is 0.500. The van der Waals surface area contributed by atoms with Gasteiger partial charge < -0.3 is 16.2 Å². The van der Waals surface area contributed by atoms with E-state index in [0.29, 0.717) is 5.02 Å². The molecular formula is C14H18ClN3O3. The van der Waals surface area contributed by atoms with Gasteiger partial charge in [-0.1, -0.05) is 30.9 Å². The molecule has 1 aromatic heterocycles. The number of pyridine rings is 1.